The molecule has 2 N–H and O–H groups in total. The maximum Gasteiger partial charge on any atom is 0.0749 e. The van der Waals surface area contributed by atoms with Gasteiger partial charge in [0, 0.05) is 18.1 Å². The maximum atomic E-state index is 6.30. The topological polar surface area (TPSA) is 29.3 Å². The van der Waals surface area contributed by atoms with Crippen LogP contribution in [-0.2, 0) is 0 Å². The van der Waals surface area contributed by atoms with Gasteiger partial charge in [-0.25, -0.2) is 0 Å². The van der Waals surface area contributed by atoms with E-state index in [1.54, 1.807) is 0 Å². The third-order valence-corrected chi connectivity index (χ3v) is 4.58. The first-order valence-electron chi connectivity index (χ1n) is 6.14. The fourth-order valence-corrected chi connectivity index (χ4v) is 3.91. The number of anilines is 1. The van der Waals surface area contributed by atoms with Gasteiger partial charge in [-0.05, 0) is 37.8 Å². The van der Waals surface area contributed by atoms with Crippen LogP contribution in [0.3, 0.4) is 0 Å². The van der Waals surface area contributed by atoms with Gasteiger partial charge in [-0.2, -0.15) is 0 Å². The Morgan fingerprint density at radius 3 is 2.12 bits per heavy atom. The van der Waals surface area contributed by atoms with Crippen molar-refractivity contribution in [1.82, 2.24) is 0 Å². The molecule has 0 saturated carbocycles. The van der Waals surface area contributed by atoms with Crippen molar-refractivity contribution < 1.29 is 0 Å². The second-order valence-corrected chi connectivity index (χ2v) is 5.91. The molecule has 2 atom stereocenters. The molecule has 0 spiro atoms. The number of hydrogen-bond acceptors (Lipinski definition) is 2. The summed E-state index contributed by atoms with van der Waals surface area (Å²) in [6, 6.07) is 7.09. The Labute approximate surface area is 112 Å². The zero-order valence-electron chi connectivity index (χ0n) is 9.57. The first kappa shape index (κ1) is 11.6. The van der Waals surface area contributed by atoms with E-state index in [0.717, 1.165) is 28.6 Å². The highest BCUT2D eigenvalue weighted by Gasteiger charge is 2.40. The maximum absolute atomic E-state index is 6.30. The second kappa shape index (κ2) is 4.34. The van der Waals surface area contributed by atoms with Crippen LogP contribution in [-0.4, -0.2) is 18.1 Å². The van der Waals surface area contributed by atoms with E-state index in [1.165, 1.54) is 12.8 Å². The number of rotatable bonds is 1. The van der Waals surface area contributed by atoms with Gasteiger partial charge in [-0.1, -0.05) is 29.3 Å². The summed E-state index contributed by atoms with van der Waals surface area (Å²) in [5.41, 5.74) is 7.09. The Morgan fingerprint density at radius 1 is 1.06 bits per heavy atom. The van der Waals surface area contributed by atoms with E-state index in [4.69, 9.17) is 28.9 Å². The molecule has 92 valence electrons. The molecular formula is C13H16Cl2N2. The average Bonchev–Trinajstić information content (AvgIpc) is 2.54. The predicted molar refractivity (Wildman–Crippen MR) is 73.0 cm³/mol. The third kappa shape index (κ3) is 1.92. The number of nitrogens with two attached hydrogens (primary N) is 1. The standard InChI is InChI=1S/C13H16Cl2N2/c14-11-2-1-3-12(15)13(11)17-9-4-5-10(17)7-8(16)6-9/h1-3,8-10H,4-7,16H2. The van der Waals surface area contributed by atoms with Gasteiger partial charge in [0.1, 0.15) is 0 Å². The molecule has 2 bridgehead atoms. The van der Waals surface area contributed by atoms with Crippen LogP contribution in [0.25, 0.3) is 0 Å². The molecule has 2 aliphatic rings. The third-order valence-electron chi connectivity index (χ3n) is 3.97. The van der Waals surface area contributed by atoms with Crippen molar-refractivity contribution in [2.75, 3.05) is 4.90 Å². The summed E-state index contributed by atoms with van der Waals surface area (Å²) in [4.78, 5) is 2.41. The van der Waals surface area contributed by atoms with Crippen LogP contribution in [0.2, 0.25) is 10.0 Å². The fourth-order valence-electron chi connectivity index (χ4n) is 3.32. The van der Waals surface area contributed by atoms with E-state index < -0.39 is 0 Å². The number of benzene rings is 1. The molecule has 2 aliphatic heterocycles. The zero-order valence-corrected chi connectivity index (χ0v) is 11.1. The Hall–Kier alpha value is -0.440. The quantitative estimate of drug-likeness (QED) is 0.847. The molecule has 0 aromatic heterocycles. The highest BCUT2D eigenvalue weighted by Crippen LogP contribution is 2.44. The molecule has 17 heavy (non-hydrogen) atoms. The number of para-hydroxylation sites is 1. The largest absolute Gasteiger partial charge is 0.363 e. The van der Waals surface area contributed by atoms with Crippen molar-refractivity contribution in [2.24, 2.45) is 5.73 Å². The lowest BCUT2D eigenvalue weighted by Crippen LogP contribution is -2.47. The fraction of sp³-hybridized carbons (Fsp3) is 0.538. The number of piperidine rings is 1. The molecule has 1 aromatic rings. The summed E-state index contributed by atoms with van der Waals surface area (Å²) < 4.78 is 0. The highest BCUT2D eigenvalue weighted by atomic mass is 35.5. The average molecular weight is 271 g/mol. The lowest BCUT2D eigenvalue weighted by atomic mass is 9.97. The molecule has 2 heterocycles. The first-order chi connectivity index (χ1) is 8.16. The Balaban J connectivity index is 2.00. The van der Waals surface area contributed by atoms with Crippen LogP contribution in [0.15, 0.2) is 18.2 Å². The minimum atomic E-state index is 0.338. The molecule has 1 aromatic carbocycles. The van der Waals surface area contributed by atoms with Gasteiger partial charge in [0.25, 0.3) is 0 Å². The monoisotopic (exact) mass is 270 g/mol. The summed E-state index contributed by atoms with van der Waals surface area (Å²) in [6.07, 6.45) is 4.52. The van der Waals surface area contributed by atoms with Gasteiger partial charge >= 0.3 is 0 Å². The molecule has 0 radical (unpaired) electrons. The van der Waals surface area contributed by atoms with Crippen LogP contribution in [0.4, 0.5) is 5.69 Å². The Kier molecular flexibility index (Phi) is 2.97. The van der Waals surface area contributed by atoms with Crippen molar-refractivity contribution in [2.45, 2.75) is 43.8 Å². The summed E-state index contributed by atoms with van der Waals surface area (Å²) >= 11 is 12.6. The lowest BCUT2D eigenvalue weighted by Gasteiger charge is -2.40. The normalized spacial score (nSPS) is 31.9. The molecular weight excluding hydrogens is 255 g/mol. The van der Waals surface area contributed by atoms with E-state index in [1.807, 2.05) is 18.2 Å². The van der Waals surface area contributed by atoms with Gasteiger partial charge in [-0.15, -0.1) is 0 Å². The molecule has 0 aliphatic carbocycles. The van der Waals surface area contributed by atoms with Crippen LogP contribution in [0.5, 0.6) is 0 Å². The number of nitrogens with zero attached hydrogens (tertiary/aromatic N) is 1. The molecule has 2 nitrogen and oxygen atoms in total. The Morgan fingerprint density at radius 2 is 1.59 bits per heavy atom. The predicted octanol–water partition coefficient (Wildman–Crippen LogP) is 3.45. The molecule has 0 amide bonds. The summed E-state index contributed by atoms with van der Waals surface area (Å²) in [5.74, 6) is 0. The van der Waals surface area contributed by atoms with Crippen molar-refractivity contribution >= 4 is 28.9 Å². The molecule has 2 fully saturated rings. The van der Waals surface area contributed by atoms with Gasteiger partial charge in [0.15, 0.2) is 0 Å². The van der Waals surface area contributed by atoms with Crippen LogP contribution in [0, 0.1) is 0 Å². The lowest BCUT2D eigenvalue weighted by molar-refractivity contribution is 0.415. The smallest absolute Gasteiger partial charge is 0.0749 e. The minimum Gasteiger partial charge on any atom is -0.363 e. The van der Waals surface area contributed by atoms with Crippen molar-refractivity contribution in [1.29, 1.82) is 0 Å². The van der Waals surface area contributed by atoms with Crippen LogP contribution >= 0.6 is 23.2 Å². The highest BCUT2D eigenvalue weighted by molar-refractivity contribution is 6.39. The van der Waals surface area contributed by atoms with Crippen molar-refractivity contribution in [3.05, 3.63) is 28.2 Å². The van der Waals surface area contributed by atoms with E-state index in [2.05, 4.69) is 4.90 Å². The summed E-state index contributed by atoms with van der Waals surface area (Å²) in [7, 11) is 0. The minimum absolute atomic E-state index is 0.338. The van der Waals surface area contributed by atoms with Gasteiger partial charge in [0.2, 0.25) is 0 Å². The Bertz CT molecular complexity index is 401. The van der Waals surface area contributed by atoms with E-state index in [-0.39, 0.29) is 0 Å². The van der Waals surface area contributed by atoms with E-state index >= 15 is 0 Å². The second-order valence-electron chi connectivity index (χ2n) is 5.09. The molecule has 4 heteroatoms. The van der Waals surface area contributed by atoms with Crippen molar-refractivity contribution in [3.8, 4) is 0 Å². The zero-order chi connectivity index (χ0) is 12.0. The van der Waals surface area contributed by atoms with Gasteiger partial charge < -0.3 is 10.6 Å². The SMILES string of the molecule is NC1CC2CCC(C1)N2c1c(Cl)cccc1Cl. The summed E-state index contributed by atoms with van der Waals surface area (Å²) in [5, 5.41) is 1.51. The van der Waals surface area contributed by atoms with Crippen molar-refractivity contribution in [3.63, 3.8) is 0 Å². The number of hydrogen-bond donors (Lipinski definition) is 1. The molecule has 3 rings (SSSR count). The summed E-state index contributed by atoms with van der Waals surface area (Å²) in [6.45, 7) is 0. The molecule has 2 unspecified atom stereocenters. The number of fused-ring (bicyclic) bond motifs is 2. The van der Waals surface area contributed by atoms with Gasteiger partial charge in [-0.3, -0.25) is 0 Å². The van der Waals surface area contributed by atoms with E-state index in [9.17, 15) is 0 Å². The van der Waals surface area contributed by atoms with Gasteiger partial charge in [0.05, 0.1) is 15.7 Å². The first-order valence-corrected chi connectivity index (χ1v) is 6.90. The van der Waals surface area contributed by atoms with E-state index in [0.29, 0.717) is 18.1 Å². The molecule has 2 saturated heterocycles. The van der Waals surface area contributed by atoms with Crippen LogP contribution < -0.4 is 10.6 Å². The number of halogens is 2. The van der Waals surface area contributed by atoms with Crippen LogP contribution in [0.1, 0.15) is 25.7 Å².